The zero-order chi connectivity index (χ0) is 20.1. The van der Waals surface area contributed by atoms with Gasteiger partial charge in [0.05, 0.1) is 18.2 Å². The van der Waals surface area contributed by atoms with Crippen LogP contribution in [0.2, 0.25) is 0 Å². The lowest BCUT2D eigenvalue weighted by Gasteiger charge is -2.11. The Kier molecular flexibility index (Phi) is 5.50. The summed E-state index contributed by atoms with van der Waals surface area (Å²) in [5.41, 5.74) is 1.85. The van der Waals surface area contributed by atoms with E-state index in [1.165, 1.54) is 19.2 Å². The van der Waals surface area contributed by atoms with Crippen LogP contribution in [0.5, 0.6) is 0 Å². The van der Waals surface area contributed by atoms with Gasteiger partial charge in [0.25, 0.3) is 0 Å². The van der Waals surface area contributed by atoms with E-state index in [0.717, 1.165) is 0 Å². The highest BCUT2D eigenvalue weighted by Gasteiger charge is 2.08. The van der Waals surface area contributed by atoms with Gasteiger partial charge in [-0.25, -0.2) is 19.6 Å². The van der Waals surface area contributed by atoms with E-state index in [9.17, 15) is 9.59 Å². The number of benzene rings is 2. The molecule has 1 heterocycles. The van der Waals surface area contributed by atoms with Crippen molar-refractivity contribution in [3.8, 4) is 0 Å². The first-order valence-electron chi connectivity index (χ1n) is 8.36. The smallest absolute Gasteiger partial charge is 0.337 e. The van der Waals surface area contributed by atoms with E-state index in [2.05, 4.69) is 20.6 Å². The molecule has 0 unspecified atom stereocenters. The number of esters is 1. The Morgan fingerprint density at radius 2 is 1.43 bits per heavy atom. The number of aryl methyl sites for hydroxylation is 1. The van der Waals surface area contributed by atoms with Crippen molar-refractivity contribution >= 4 is 34.9 Å². The molecule has 3 aromatic rings. The molecule has 0 saturated carbocycles. The van der Waals surface area contributed by atoms with Crippen molar-refractivity contribution in [1.29, 1.82) is 0 Å². The van der Waals surface area contributed by atoms with Crippen LogP contribution >= 0.6 is 0 Å². The van der Waals surface area contributed by atoms with Gasteiger partial charge in [0.1, 0.15) is 17.5 Å². The highest BCUT2D eigenvalue weighted by atomic mass is 16.5. The molecule has 0 fully saturated rings. The minimum Gasteiger partial charge on any atom is -0.478 e. The quantitative estimate of drug-likeness (QED) is 0.556. The minimum absolute atomic E-state index is 0.175. The zero-order valence-electron chi connectivity index (χ0n) is 15.3. The lowest BCUT2D eigenvalue weighted by atomic mass is 10.2. The number of carboxylic acid groups (broad SMARTS) is 1. The zero-order valence-corrected chi connectivity index (χ0v) is 15.3. The molecule has 0 aliphatic rings. The van der Waals surface area contributed by atoms with Gasteiger partial charge in [-0.05, 0) is 43.3 Å². The van der Waals surface area contributed by atoms with Crippen LogP contribution in [-0.4, -0.2) is 34.1 Å². The van der Waals surface area contributed by atoms with Gasteiger partial charge in [-0.15, -0.1) is 0 Å². The maximum atomic E-state index is 11.7. The predicted molar refractivity (Wildman–Crippen MR) is 105 cm³/mol. The molecular formula is C20H18N4O4. The number of methoxy groups -OCH3 is 1. The van der Waals surface area contributed by atoms with E-state index in [1.807, 2.05) is 0 Å². The second-order valence-corrected chi connectivity index (χ2v) is 5.89. The summed E-state index contributed by atoms with van der Waals surface area (Å²) in [6.45, 7) is 1.74. The van der Waals surface area contributed by atoms with Crippen molar-refractivity contribution in [2.24, 2.45) is 0 Å². The first kappa shape index (κ1) is 18.8. The first-order chi connectivity index (χ1) is 13.4. The number of aromatic carboxylic acids is 1. The summed E-state index contributed by atoms with van der Waals surface area (Å²) >= 11 is 0. The molecule has 0 atom stereocenters. The van der Waals surface area contributed by atoms with Gasteiger partial charge in [0.2, 0.25) is 0 Å². The van der Waals surface area contributed by atoms with Crippen molar-refractivity contribution < 1.29 is 19.4 Å². The standard InChI is InChI=1S/C20H18N4O4/c1-12-21-17(23-15-7-3-5-13(9-15)19(25)26)11-18(22-12)24-16-8-4-6-14(10-16)20(27)28-2/h3-11H,1-2H3,(H,25,26)(H2,21,22,23,24). The third-order valence-electron chi connectivity index (χ3n) is 3.78. The van der Waals surface area contributed by atoms with Crippen molar-refractivity contribution in [2.75, 3.05) is 17.7 Å². The van der Waals surface area contributed by atoms with Crippen LogP contribution in [-0.2, 0) is 4.74 Å². The molecule has 0 bridgehead atoms. The molecule has 0 amide bonds. The van der Waals surface area contributed by atoms with Crippen molar-refractivity contribution in [2.45, 2.75) is 6.92 Å². The molecule has 3 rings (SSSR count). The normalized spacial score (nSPS) is 10.2. The second kappa shape index (κ2) is 8.17. The molecule has 142 valence electrons. The lowest BCUT2D eigenvalue weighted by molar-refractivity contribution is 0.0600. The predicted octanol–water partition coefficient (Wildman–Crippen LogP) is 3.76. The maximum absolute atomic E-state index is 11.7. The van der Waals surface area contributed by atoms with E-state index < -0.39 is 11.9 Å². The number of carbonyl (C=O) groups is 2. The first-order valence-corrected chi connectivity index (χ1v) is 8.36. The Balaban J connectivity index is 1.83. The SMILES string of the molecule is COC(=O)c1cccc(Nc2cc(Nc3cccc(C(=O)O)c3)nc(C)n2)c1. The monoisotopic (exact) mass is 378 g/mol. The average molecular weight is 378 g/mol. The number of rotatable bonds is 6. The van der Waals surface area contributed by atoms with E-state index in [-0.39, 0.29) is 5.56 Å². The summed E-state index contributed by atoms with van der Waals surface area (Å²) < 4.78 is 4.73. The molecule has 3 N–H and O–H groups in total. The topological polar surface area (TPSA) is 113 Å². The number of carboxylic acids is 1. The van der Waals surface area contributed by atoms with Crippen LogP contribution in [0.3, 0.4) is 0 Å². The Labute approximate surface area is 161 Å². The van der Waals surface area contributed by atoms with E-state index in [4.69, 9.17) is 9.84 Å². The Hall–Kier alpha value is -3.94. The molecule has 0 aliphatic heterocycles. The fourth-order valence-corrected chi connectivity index (χ4v) is 2.56. The fraction of sp³-hybridized carbons (Fsp3) is 0.100. The number of aromatic nitrogens is 2. The highest BCUT2D eigenvalue weighted by molar-refractivity contribution is 5.90. The maximum Gasteiger partial charge on any atom is 0.337 e. The van der Waals surface area contributed by atoms with E-state index in [0.29, 0.717) is 34.4 Å². The molecule has 0 radical (unpaired) electrons. The number of nitrogens with zero attached hydrogens (tertiary/aromatic N) is 2. The number of nitrogens with one attached hydrogen (secondary N) is 2. The molecule has 0 aliphatic carbocycles. The third kappa shape index (κ3) is 4.61. The highest BCUT2D eigenvalue weighted by Crippen LogP contribution is 2.22. The Bertz CT molecular complexity index is 1040. The van der Waals surface area contributed by atoms with Crippen LogP contribution in [0, 0.1) is 6.92 Å². The van der Waals surface area contributed by atoms with E-state index in [1.54, 1.807) is 49.4 Å². The van der Waals surface area contributed by atoms with Crippen LogP contribution in [0.1, 0.15) is 26.5 Å². The minimum atomic E-state index is -1.00. The average Bonchev–Trinajstić information content (AvgIpc) is 2.67. The largest absolute Gasteiger partial charge is 0.478 e. The van der Waals surface area contributed by atoms with Gasteiger partial charge in [-0.1, -0.05) is 12.1 Å². The van der Waals surface area contributed by atoms with Crippen LogP contribution in [0.25, 0.3) is 0 Å². The molecule has 0 saturated heterocycles. The van der Waals surface area contributed by atoms with Gasteiger partial charge in [0, 0.05) is 17.4 Å². The molecule has 8 heteroatoms. The molecule has 2 aromatic carbocycles. The van der Waals surface area contributed by atoms with Gasteiger partial charge in [-0.2, -0.15) is 0 Å². The third-order valence-corrected chi connectivity index (χ3v) is 3.78. The number of ether oxygens (including phenoxy) is 1. The summed E-state index contributed by atoms with van der Waals surface area (Å²) in [4.78, 5) is 31.5. The van der Waals surface area contributed by atoms with Crippen molar-refractivity contribution in [3.05, 3.63) is 71.5 Å². The van der Waals surface area contributed by atoms with Gasteiger partial charge in [-0.3, -0.25) is 0 Å². The molecular weight excluding hydrogens is 360 g/mol. The summed E-state index contributed by atoms with van der Waals surface area (Å²) in [7, 11) is 1.33. The molecule has 8 nitrogen and oxygen atoms in total. The summed E-state index contributed by atoms with van der Waals surface area (Å²) in [5, 5.41) is 15.3. The number of hydrogen-bond acceptors (Lipinski definition) is 7. The van der Waals surface area contributed by atoms with Crippen molar-refractivity contribution in [1.82, 2.24) is 9.97 Å². The number of anilines is 4. The van der Waals surface area contributed by atoms with Crippen molar-refractivity contribution in [3.63, 3.8) is 0 Å². The van der Waals surface area contributed by atoms with Crippen LogP contribution < -0.4 is 10.6 Å². The van der Waals surface area contributed by atoms with Gasteiger partial charge >= 0.3 is 11.9 Å². The molecule has 0 spiro atoms. The van der Waals surface area contributed by atoms with Gasteiger partial charge in [0.15, 0.2) is 0 Å². The fourth-order valence-electron chi connectivity index (χ4n) is 2.56. The van der Waals surface area contributed by atoms with Gasteiger partial charge < -0.3 is 20.5 Å². The second-order valence-electron chi connectivity index (χ2n) is 5.89. The number of carbonyl (C=O) groups excluding carboxylic acids is 1. The van der Waals surface area contributed by atoms with Crippen LogP contribution in [0.4, 0.5) is 23.0 Å². The molecule has 28 heavy (non-hydrogen) atoms. The van der Waals surface area contributed by atoms with E-state index >= 15 is 0 Å². The summed E-state index contributed by atoms with van der Waals surface area (Å²) in [5.74, 6) is 0.109. The lowest BCUT2D eigenvalue weighted by Crippen LogP contribution is -2.04. The number of hydrogen-bond donors (Lipinski definition) is 3. The molecule has 1 aromatic heterocycles. The summed E-state index contributed by atoms with van der Waals surface area (Å²) in [6.07, 6.45) is 0. The Morgan fingerprint density at radius 1 is 0.893 bits per heavy atom. The summed E-state index contributed by atoms with van der Waals surface area (Å²) in [6, 6.07) is 15.0. The Morgan fingerprint density at radius 3 is 1.96 bits per heavy atom. The van der Waals surface area contributed by atoms with Crippen LogP contribution in [0.15, 0.2) is 54.6 Å².